The van der Waals surface area contributed by atoms with Crippen molar-refractivity contribution in [1.29, 1.82) is 0 Å². The predicted octanol–water partition coefficient (Wildman–Crippen LogP) is -0.924. The van der Waals surface area contributed by atoms with Crippen molar-refractivity contribution < 1.29 is 9.90 Å². The molecule has 3 atom stereocenters. The molecular formula is C15H25N5O3. The molecule has 8 nitrogen and oxygen atoms in total. The third-order valence-corrected chi connectivity index (χ3v) is 4.93. The Labute approximate surface area is 135 Å². The number of aryl methyl sites for hydroxylation is 2. The molecule has 3 rings (SSSR count). The van der Waals surface area contributed by atoms with E-state index in [9.17, 15) is 14.7 Å². The number of rotatable bonds is 5. The minimum absolute atomic E-state index is 0.0424. The normalized spacial score (nSPS) is 28.3. The number of aliphatic hydroxyl groups is 1. The lowest BCUT2D eigenvalue weighted by atomic mass is 10.1. The van der Waals surface area contributed by atoms with Crippen LogP contribution in [0.3, 0.4) is 0 Å². The molecule has 23 heavy (non-hydrogen) atoms. The van der Waals surface area contributed by atoms with Gasteiger partial charge in [-0.05, 0) is 25.7 Å². The molecule has 0 radical (unpaired) electrons. The predicted molar refractivity (Wildman–Crippen MR) is 83.9 cm³/mol. The van der Waals surface area contributed by atoms with Gasteiger partial charge in [0, 0.05) is 38.6 Å². The minimum Gasteiger partial charge on any atom is -0.392 e. The summed E-state index contributed by atoms with van der Waals surface area (Å²) in [6.07, 6.45) is 5.43. The van der Waals surface area contributed by atoms with Gasteiger partial charge in [0.25, 0.3) is 0 Å². The third kappa shape index (κ3) is 3.64. The highest BCUT2D eigenvalue weighted by molar-refractivity contribution is 5.76. The first-order valence-corrected chi connectivity index (χ1v) is 8.34. The van der Waals surface area contributed by atoms with Crippen molar-refractivity contribution in [2.75, 3.05) is 13.1 Å². The Balaban J connectivity index is 1.50. The highest BCUT2D eigenvalue weighted by Gasteiger charge is 2.36. The maximum Gasteiger partial charge on any atom is 0.345 e. The number of hydrogen-bond acceptors (Lipinski definition) is 5. The zero-order chi connectivity index (χ0) is 16.4. The van der Waals surface area contributed by atoms with Gasteiger partial charge >= 0.3 is 5.69 Å². The number of amides is 1. The number of nitrogens with one attached hydrogen (secondary N) is 1. The summed E-state index contributed by atoms with van der Waals surface area (Å²) in [6.45, 7) is 1.91. The van der Waals surface area contributed by atoms with Crippen LogP contribution in [0.4, 0.5) is 0 Å². The zero-order valence-electron chi connectivity index (χ0n) is 13.5. The summed E-state index contributed by atoms with van der Waals surface area (Å²) in [4.78, 5) is 26.2. The van der Waals surface area contributed by atoms with Crippen molar-refractivity contribution in [3.8, 4) is 0 Å². The van der Waals surface area contributed by atoms with Gasteiger partial charge in [-0.15, -0.1) is 0 Å². The van der Waals surface area contributed by atoms with Gasteiger partial charge < -0.3 is 10.4 Å². The number of carbonyl (C=O) groups is 1. The number of carbonyl (C=O) groups excluding carboxylic acids is 1. The van der Waals surface area contributed by atoms with E-state index in [4.69, 9.17) is 0 Å². The van der Waals surface area contributed by atoms with E-state index in [0.717, 1.165) is 32.2 Å². The van der Waals surface area contributed by atoms with Crippen LogP contribution in [0.15, 0.2) is 11.1 Å². The fourth-order valence-electron chi connectivity index (χ4n) is 3.68. The lowest BCUT2D eigenvalue weighted by Crippen LogP contribution is -2.48. The van der Waals surface area contributed by atoms with Crippen LogP contribution in [-0.2, 0) is 18.4 Å². The van der Waals surface area contributed by atoms with Gasteiger partial charge in [-0.2, -0.15) is 5.10 Å². The number of nitrogens with zero attached hydrogens (tertiary/aromatic N) is 4. The van der Waals surface area contributed by atoms with E-state index in [-0.39, 0.29) is 30.2 Å². The number of hydrogen-bond donors (Lipinski definition) is 2. The third-order valence-electron chi connectivity index (χ3n) is 4.93. The molecule has 2 heterocycles. The number of likely N-dealkylation sites (tertiary alicyclic amines) is 1. The lowest BCUT2D eigenvalue weighted by molar-refractivity contribution is -0.122. The average molecular weight is 323 g/mol. The Morgan fingerprint density at radius 2 is 2.26 bits per heavy atom. The summed E-state index contributed by atoms with van der Waals surface area (Å²) in [5, 5.41) is 16.8. The average Bonchev–Trinajstić information content (AvgIpc) is 3.21. The first kappa shape index (κ1) is 16.2. The lowest BCUT2D eigenvalue weighted by Gasteiger charge is -2.29. The fourth-order valence-corrected chi connectivity index (χ4v) is 3.68. The maximum atomic E-state index is 12.2. The van der Waals surface area contributed by atoms with Crippen molar-refractivity contribution in [2.45, 2.75) is 56.8 Å². The van der Waals surface area contributed by atoms with Crippen LogP contribution in [0.2, 0.25) is 0 Å². The van der Waals surface area contributed by atoms with Gasteiger partial charge in [0.15, 0.2) is 0 Å². The summed E-state index contributed by atoms with van der Waals surface area (Å²) in [5.74, 6) is -0.0424. The molecule has 2 fully saturated rings. The second kappa shape index (κ2) is 6.84. The second-order valence-corrected chi connectivity index (χ2v) is 6.61. The molecule has 8 heteroatoms. The Hall–Kier alpha value is -1.67. The van der Waals surface area contributed by atoms with Gasteiger partial charge in [0.1, 0.15) is 6.33 Å². The standard InChI is InChI=1S/C15H25N5O3/c1-18-10-16-20(15(18)23)8-6-14(22)17-12-3-2-4-13(12)19-7-5-11(21)9-19/h10-13,21H,2-9H2,1H3,(H,17,22)/t11?,12-,13+/m1/s1. The first-order chi connectivity index (χ1) is 11.0. The van der Waals surface area contributed by atoms with E-state index in [1.54, 1.807) is 7.05 Å². The molecule has 1 saturated heterocycles. The summed E-state index contributed by atoms with van der Waals surface area (Å²) < 4.78 is 2.70. The van der Waals surface area contributed by atoms with E-state index >= 15 is 0 Å². The second-order valence-electron chi connectivity index (χ2n) is 6.61. The smallest absolute Gasteiger partial charge is 0.345 e. The molecule has 1 aromatic rings. The molecule has 1 amide bonds. The van der Waals surface area contributed by atoms with Crippen molar-refractivity contribution in [2.24, 2.45) is 7.05 Å². The van der Waals surface area contributed by atoms with Gasteiger partial charge in [-0.3, -0.25) is 14.3 Å². The highest BCUT2D eigenvalue weighted by Crippen LogP contribution is 2.27. The molecule has 0 bridgehead atoms. The summed E-state index contributed by atoms with van der Waals surface area (Å²) in [5.41, 5.74) is -0.206. The molecule has 1 saturated carbocycles. The number of β-amino-alcohol motifs (C(OH)–C–C–N with tert-alkyl or cyclic N) is 1. The molecule has 0 spiro atoms. The highest BCUT2D eigenvalue weighted by atomic mass is 16.3. The van der Waals surface area contributed by atoms with Crippen LogP contribution in [0.5, 0.6) is 0 Å². The number of aromatic nitrogens is 3. The van der Waals surface area contributed by atoms with Crippen molar-refractivity contribution >= 4 is 5.91 Å². The molecule has 1 unspecified atom stereocenters. The van der Waals surface area contributed by atoms with Gasteiger partial charge in [0.05, 0.1) is 12.6 Å². The largest absolute Gasteiger partial charge is 0.392 e. The molecule has 0 aromatic carbocycles. The molecule has 128 valence electrons. The van der Waals surface area contributed by atoms with Gasteiger partial charge in [-0.1, -0.05) is 0 Å². The summed E-state index contributed by atoms with van der Waals surface area (Å²) in [7, 11) is 1.64. The molecule has 2 N–H and O–H groups in total. The first-order valence-electron chi connectivity index (χ1n) is 8.34. The Kier molecular flexibility index (Phi) is 4.82. The van der Waals surface area contributed by atoms with Crippen molar-refractivity contribution in [1.82, 2.24) is 24.6 Å². The van der Waals surface area contributed by atoms with Crippen LogP contribution in [0.1, 0.15) is 32.1 Å². The Morgan fingerprint density at radius 3 is 2.91 bits per heavy atom. The van der Waals surface area contributed by atoms with Crippen LogP contribution < -0.4 is 11.0 Å². The minimum atomic E-state index is -0.233. The maximum absolute atomic E-state index is 12.2. The van der Waals surface area contributed by atoms with Gasteiger partial charge in [-0.25, -0.2) is 9.48 Å². The molecular weight excluding hydrogens is 298 g/mol. The number of aliphatic hydroxyl groups excluding tert-OH is 1. The quantitative estimate of drug-likeness (QED) is 0.731. The Bertz CT molecular complexity index is 610. The molecule has 2 aliphatic rings. The molecule has 1 aliphatic carbocycles. The Morgan fingerprint density at radius 1 is 1.43 bits per heavy atom. The summed E-state index contributed by atoms with van der Waals surface area (Å²) in [6, 6.07) is 0.474. The van der Waals surface area contributed by atoms with E-state index in [1.807, 2.05) is 0 Å². The monoisotopic (exact) mass is 323 g/mol. The van der Waals surface area contributed by atoms with E-state index < -0.39 is 0 Å². The van der Waals surface area contributed by atoms with E-state index in [2.05, 4.69) is 15.3 Å². The van der Waals surface area contributed by atoms with Crippen molar-refractivity contribution in [3.05, 3.63) is 16.8 Å². The topological polar surface area (TPSA) is 92.4 Å². The van der Waals surface area contributed by atoms with Crippen LogP contribution >= 0.6 is 0 Å². The van der Waals surface area contributed by atoms with E-state index in [0.29, 0.717) is 19.1 Å². The van der Waals surface area contributed by atoms with Crippen molar-refractivity contribution in [3.63, 3.8) is 0 Å². The molecule has 1 aromatic heterocycles. The van der Waals surface area contributed by atoms with Crippen LogP contribution in [0.25, 0.3) is 0 Å². The SMILES string of the molecule is Cn1cnn(CCC(=O)N[C@@H]2CCC[C@@H]2N2CCC(O)C2)c1=O. The van der Waals surface area contributed by atoms with Crippen LogP contribution in [0, 0.1) is 0 Å². The van der Waals surface area contributed by atoms with Gasteiger partial charge in [0.2, 0.25) is 5.91 Å². The fraction of sp³-hybridized carbons (Fsp3) is 0.800. The van der Waals surface area contributed by atoms with Crippen LogP contribution in [-0.4, -0.2) is 61.5 Å². The van der Waals surface area contributed by atoms with E-state index in [1.165, 1.54) is 15.6 Å². The molecule has 1 aliphatic heterocycles. The zero-order valence-corrected chi connectivity index (χ0v) is 13.5. The summed E-state index contributed by atoms with van der Waals surface area (Å²) >= 11 is 0.